The van der Waals surface area contributed by atoms with E-state index in [0.29, 0.717) is 29.4 Å². The molecule has 1 fully saturated rings. The van der Waals surface area contributed by atoms with Gasteiger partial charge in [-0.3, -0.25) is 4.79 Å². The Hall–Kier alpha value is -1.50. The van der Waals surface area contributed by atoms with Crippen LogP contribution < -0.4 is 10.6 Å². The number of nitrogens with one attached hydrogen (secondary N) is 2. The maximum Gasteiger partial charge on any atom is 0.321 e. The van der Waals surface area contributed by atoms with Crippen LogP contribution in [0.5, 0.6) is 0 Å². The van der Waals surface area contributed by atoms with Gasteiger partial charge in [-0.05, 0) is 25.1 Å². The van der Waals surface area contributed by atoms with Crippen molar-refractivity contribution in [3.8, 4) is 0 Å². The minimum absolute atomic E-state index is 0. The van der Waals surface area contributed by atoms with Crippen molar-refractivity contribution in [2.24, 2.45) is 0 Å². The Bertz CT molecular complexity index is 581. The van der Waals surface area contributed by atoms with Crippen molar-refractivity contribution in [3.63, 3.8) is 0 Å². The van der Waals surface area contributed by atoms with Crippen molar-refractivity contribution in [3.05, 3.63) is 28.8 Å². The van der Waals surface area contributed by atoms with E-state index in [1.807, 2.05) is 6.92 Å². The second kappa shape index (κ2) is 8.38. The van der Waals surface area contributed by atoms with Crippen LogP contribution in [0.4, 0.5) is 10.5 Å². The highest BCUT2D eigenvalue weighted by atomic mass is 35.5. The molecule has 0 bridgehead atoms. The van der Waals surface area contributed by atoms with E-state index < -0.39 is 0 Å². The number of piperazine rings is 1. The molecule has 0 radical (unpaired) electrons. The first kappa shape index (κ1) is 19.5. The highest BCUT2D eigenvalue weighted by molar-refractivity contribution is 6.34. The number of hydrogen-bond acceptors (Lipinski definition) is 3. The fourth-order valence-corrected chi connectivity index (χ4v) is 2.55. The molecule has 6 nitrogen and oxygen atoms in total. The lowest BCUT2D eigenvalue weighted by Crippen LogP contribution is -2.51. The van der Waals surface area contributed by atoms with Crippen molar-refractivity contribution >= 4 is 41.6 Å². The molecule has 2 N–H and O–H groups in total. The van der Waals surface area contributed by atoms with Crippen molar-refractivity contribution in [2.45, 2.75) is 13.0 Å². The van der Waals surface area contributed by atoms with E-state index in [-0.39, 0.29) is 30.4 Å². The predicted octanol–water partition coefficient (Wildman–Crippen LogP) is 2.29. The van der Waals surface area contributed by atoms with Gasteiger partial charge in [-0.2, -0.15) is 0 Å². The van der Waals surface area contributed by atoms with E-state index in [2.05, 4.69) is 10.6 Å². The van der Waals surface area contributed by atoms with Gasteiger partial charge in [0.15, 0.2) is 0 Å². The fourth-order valence-electron chi connectivity index (χ4n) is 2.29. The molecule has 0 aliphatic carbocycles. The van der Waals surface area contributed by atoms with Gasteiger partial charge in [0.1, 0.15) is 0 Å². The Morgan fingerprint density at radius 2 is 2.09 bits per heavy atom. The Labute approximate surface area is 147 Å². The Kier molecular flexibility index (Phi) is 7.12. The zero-order chi connectivity index (χ0) is 16.3. The van der Waals surface area contributed by atoms with Crippen LogP contribution in [0, 0.1) is 0 Å². The smallest absolute Gasteiger partial charge is 0.321 e. The molecule has 1 saturated heterocycles. The summed E-state index contributed by atoms with van der Waals surface area (Å²) < 4.78 is 0. The quantitative estimate of drug-likeness (QED) is 0.850. The van der Waals surface area contributed by atoms with E-state index in [0.717, 1.165) is 6.54 Å². The molecule has 0 unspecified atom stereocenters. The van der Waals surface area contributed by atoms with Gasteiger partial charge in [0.2, 0.25) is 0 Å². The molecule has 1 aromatic rings. The van der Waals surface area contributed by atoms with Crippen LogP contribution in [0.1, 0.15) is 17.3 Å². The third kappa shape index (κ3) is 4.99. The number of carbonyl (C=O) groups is 2. The summed E-state index contributed by atoms with van der Waals surface area (Å²) in [6, 6.07) is 4.97. The maximum atomic E-state index is 12.5. The molecule has 1 aromatic carbocycles. The van der Waals surface area contributed by atoms with Gasteiger partial charge < -0.3 is 20.4 Å². The van der Waals surface area contributed by atoms with Gasteiger partial charge in [-0.15, -0.1) is 12.4 Å². The number of anilines is 1. The van der Waals surface area contributed by atoms with Crippen LogP contribution >= 0.6 is 24.0 Å². The molecule has 128 valence electrons. The molecule has 8 heteroatoms. The average molecular weight is 361 g/mol. The second-order valence-corrected chi connectivity index (χ2v) is 6.03. The molecule has 1 atom stereocenters. The molecule has 1 heterocycles. The van der Waals surface area contributed by atoms with Gasteiger partial charge in [-0.1, -0.05) is 11.6 Å². The van der Waals surface area contributed by atoms with Crippen molar-refractivity contribution < 1.29 is 9.59 Å². The number of carbonyl (C=O) groups excluding carboxylic acids is 2. The van der Waals surface area contributed by atoms with Gasteiger partial charge in [-0.25, -0.2) is 4.79 Å². The molecule has 1 aliphatic rings. The largest absolute Gasteiger partial charge is 0.336 e. The number of halogens is 2. The highest BCUT2D eigenvalue weighted by Gasteiger charge is 2.23. The summed E-state index contributed by atoms with van der Waals surface area (Å²) in [5.74, 6) is -0.0798. The molecule has 23 heavy (non-hydrogen) atoms. The molecular formula is C15H22Cl2N4O2. The number of nitrogens with zero attached hydrogens (tertiary/aromatic N) is 2. The number of urea groups is 1. The first-order valence-corrected chi connectivity index (χ1v) is 7.57. The molecule has 0 saturated carbocycles. The highest BCUT2D eigenvalue weighted by Crippen LogP contribution is 2.23. The topological polar surface area (TPSA) is 64.7 Å². The number of rotatable bonds is 2. The first-order chi connectivity index (χ1) is 10.4. The minimum atomic E-state index is -0.244. The Balaban J connectivity index is 0.00000264. The molecule has 0 spiro atoms. The van der Waals surface area contributed by atoms with E-state index in [4.69, 9.17) is 11.6 Å². The lowest BCUT2D eigenvalue weighted by atomic mass is 10.1. The first-order valence-electron chi connectivity index (χ1n) is 7.19. The normalized spacial score (nSPS) is 17.2. The fraction of sp³-hybridized carbons (Fsp3) is 0.467. The number of benzene rings is 1. The van der Waals surface area contributed by atoms with E-state index in [1.165, 1.54) is 4.90 Å². The van der Waals surface area contributed by atoms with Crippen LogP contribution in [-0.4, -0.2) is 61.5 Å². The summed E-state index contributed by atoms with van der Waals surface area (Å²) in [5, 5.41) is 6.34. The SMILES string of the molecule is C[C@@H]1CN(C(=O)c2ccc(NC(=O)N(C)C)cc2Cl)CCN1.Cl. The summed E-state index contributed by atoms with van der Waals surface area (Å²) in [6.45, 7) is 4.15. The Morgan fingerprint density at radius 3 is 2.65 bits per heavy atom. The van der Waals surface area contributed by atoms with Crippen LogP contribution in [0.3, 0.4) is 0 Å². The van der Waals surface area contributed by atoms with Gasteiger partial charge >= 0.3 is 6.03 Å². The van der Waals surface area contributed by atoms with E-state index in [1.54, 1.807) is 37.2 Å². The Morgan fingerprint density at radius 1 is 1.39 bits per heavy atom. The predicted molar refractivity (Wildman–Crippen MR) is 94.8 cm³/mol. The zero-order valence-electron chi connectivity index (χ0n) is 13.4. The van der Waals surface area contributed by atoms with Crippen LogP contribution in [-0.2, 0) is 0 Å². The average Bonchev–Trinajstić information content (AvgIpc) is 2.46. The zero-order valence-corrected chi connectivity index (χ0v) is 15.0. The minimum Gasteiger partial charge on any atom is -0.336 e. The molecule has 2 rings (SSSR count). The summed E-state index contributed by atoms with van der Waals surface area (Å²) in [7, 11) is 3.31. The van der Waals surface area contributed by atoms with Crippen LogP contribution in [0.2, 0.25) is 5.02 Å². The summed E-state index contributed by atoms with van der Waals surface area (Å²) in [6.07, 6.45) is 0. The van der Waals surface area contributed by atoms with Gasteiger partial charge in [0.05, 0.1) is 10.6 Å². The second-order valence-electron chi connectivity index (χ2n) is 5.63. The van der Waals surface area contributed by atoms with Crippen molar-refractivity contribution in [2.75, 3.05) is 39.0 Å². The van der Waals surface area contributed by atoms with Crippen LogP contribution in [0.15, 0.2) is 18.2 Å². The summed E-state index contributed by atoms with van der Waals surface area (Å²) in [4.78, 5) is 27.4. The number of hydrogen-bond donors (Lipinski definition) is 2. The molecule has 0 aromatic heterocycles. The van der Waals surface area contributed by atoms with Crippen molar-refractivity contribution in [1.82, 2.24) is 15.1 Å². The van der Waals surface area contributed by atoms with Gasteiger partial charge in [0, 0.05) is 45.5 Å². The third-order valence-electron chi connectivity index (χ3n) is 3.51. The lowest BCUT2D eigenvalue weighted by Gasteiger charge is -2.32. The monoisotopic (exact) mass is 360 g/mol. The molecule has 3 amide bonds. The summed E-state index contributed by atoms with van der Waals surface area (Å²) in [5.41, 5.74) is 1.02. The van der Waals surface area contributed by atoms with E-state index >= 15 is 0 Å². The van der Waals surface area contributed by atoms with Crippen LogP contribution in [0.25, 0.3) is 0 Å². The van der Waals surface area contributed by atoms with Gasteiger partial charge in [0.25, 0.3) is 5.91 Å². The molecule has 1 aliphatic heterocycles. The van der Waals surface area contributed by atoms with Crippen molar-refractivity contribution in [1.29, 1.82) is 0 Å². The van der Waals surface area contributed by atoms with E-state index in [9.17, 15) is 9.59 Å². The third-order valence-corrected chi connectivity index (χ3v) is 3.83. The molecular weight excluding hydrogens is 339 g/mol. The lowest BCUT2D eigenvalue weighted by molar-refractivity contribution is 0.0709. The standard InChI is InChI=1S/C15H21ClN4O2.ClH/c1-10-9-20(7-6-17-10)14(21)12-5-4-11(8-13(12)16)18-15(22)19(2)3;/h4-5,8,10,17H,6-7,9H2,1-3H3,(H,18,22);1H/t10-;/m1./s1. The maximum absolute atomic E-state index is 12.5. The summed E-state index contributed by atoms with van der Waals surface area (Å²) >= 11 is 6.21. The number of amides is 3.